The van der Waals surface area contributed by atoms with E-state index in [1.807, 2.05) is 30.3 Å². The summed E-state index contributed by atoms with van der Waals surface area (Å²) in [6.07, 6.45) is 0.631. The molecule has 23 heavy (non-hydrogen) atoms. The molecule has 0 atom stereocenters. The monoisotopic (exact) mass is 351 g/mol. The zero-order chi connectivity index (χ0) is 16.7. The zero-order valence-corrected chi connectivity index (χ0v) is 14.1. The molecule has 0 radical (unpaired) electrons. The molecule has 0 saturated carbocycles. The van der Waals surface area contributed by atoms with E-state index in [-0.39, 0.29) is 28.0 Å². The molecule has 4 nitrogen and oxygen atoms in total. The van der Waals surface area contributed by atoms with Crippen molar-refractivity contribution in [2.24, 2.45) is 0 Å². The molecule has 0 fully saturated rings. The minimum atomic E-state index is -3.56. The van der Waals surface area contributed by atoms with Crippen molar-refractivity contribution in [3.05, 3.63) is 65.2 Å². The van der Waals surface area contributed by atoms with Gasteiger partial charge >= 0.3 is 0 Å². The fraction of sp³-hybridized carbons (Fsp3) is 0.235. The molecule has 2 aromatic rings. The number of rotatable bonds is 7. The quantitative estimate of drug-likeness (QED) is 0.834. The van der Waals surface area contributed by atoms with Gasteiger partial charge in [0.15, 0.2) is 9.84 Å². The van der Waals surface area contributed by atoms with Crippen molar-refractivity contribution >= 4 is 27.3 Å². The molecule has 6 heteroatoms. The van der Waals surface area contributed by atoms with Crippen LogP contribution in [0.15, 0.2) is 59.5 Å². The number of hydrogen-bond donors (Lipinski definition) is 1. The second kappa shape index (κ2) is 8.13. The minimum Gasteiger partial charge on any atom is -0.356 e. The third-order valence-corrected chi connectivity index (χ3v) is 5.56. The van der Waals surface area contributed by atoms with Crippen LogP contribution in [0.25, 0.3) is 0 Å². The van der Waals surface area contributed by atoms with E-state index in [0.717, 1.165) is 5.56 Å². The van der Waals surface area contributed by atoms with Gasteiger partial charge in [-0.25, -0.2) is 8.42 Å². The van der Waals surface area contributed by atoms with Crippen molar-refractivity contribution in [1.29, 1.82) is 0 Å². The summed E-state index contributed by atoms with van der Waals surface area (Å²) in [5.74, 6) is -0.537. The van der Waals surface area contributed by atoms with Crippen LogP contribution in [0.5, 0.6) is 0 Å². The lowest BCUT2D eigenvalue weighted by molar-refractivity contribution is -0.120. The average Bonchev–Trinajstić information content (AvgIpc) is 2.54. The van der Waals surface area contributed by atoms with Crippen LogP contribution in [-0.4, -0.2) is 26.6 Å². The molecule has 1 amide bonds. The highest BCUT2D eigenvalue weighted by Crippen LogP contribution is 2.22. The van der Waals surface area contributed by atoms with Gasteiger partial charge < -0.3 is 5.32 Å². The fourth-order valence-corrected chi connectivity index (χ4v) is 3.93. The van der Waals surface area contributed by atoms with E-state index in [0.29, 0.717) is 13.0 Å². The van der Waals surface area contributed by atoms with Crippen LogP contribution in [-0.2, 0) is 21.1 Å². The molecule has 0 aliphatic rings. The maximum Gasteiger partial charge on any atom is 0.221 e. The topological polar surface area (TPSA) is 63.2 Å². The highest BCUT2D eigenvalue weighted by atomic mass is 35.5. The van der Waals surface area contributed by atoms with E-state index in [1.165, 1.54) is 12.1 Å². The van der Waals surface area contributed by atoms with Gasteiger partial charge in [-0.3, -0.25) is 4.79 Å². The number of carbonyl (C=O) groups is 1. The summed E-state index contributed by atoms with van der Waals surface area (Å²) < 4.78 is 24.4. The van der Waals surface area contributed by atoms with E-state index in [1.54, 1.807) is 12.1 Å². The van der Waals surface area contributed by atoms with E-state index in [9.17, 15) is 13.2 Å². The Labute approximate surface area is 141 Å². The second-order valence-corrected chi connectivity index (χ2v) is 7.57. The van der Waals surface area contributed by atoms with Crippen LogP contribution in [0, 0.1) is 0 Å². The van der Waals surface area contributed by atoms with Gasteiger partial charge in [-0.15, -0.1) is 0 Å². The summed E-state index contributed by atoms with van der Waals surface area (Å²) in [7, 11) is -3.56. The molecule has 0 aliphatic carbocycles. The number of halogens is 1. The Balaban J connectivity index is 1.81. The van der Waals surface area contributed by atoms with E-state index < -0.39 is 9.84 Å². The number of hydrogen-bond acceptors (Lipinski definition) is 3. The molecule has 0 aliphatic heterocycles. The second-order valence-electron chi connectivity index (χ2n) is 5.08. The predicted octanol–water partition coefficient (Wildman–Crippen LogP) is 2.86. The Bertz CT molecular complexity index is 760. The summed E-state index contributed by atoms with van der Waals surface area (Å²) in [6.45, 7) is 0.481. The Morgan fingerprint density at radius 2 is 1.65 bits per heavy atom. The highest BCUT2D eigenvalue weighted by molar-refractivity contribution is 7.91. The number of carbonyl (C=O) groups excluding carboxylic acids is 1. The lowest BCUT2D eigenvalue weighted by Gasteiger charge is -2.07. The molecule has 2 aromatic carbocycles. The minimum absolute atomic E-state index is 0.0683. The first-order valence-corrected chi connectivity index (χ1v) is 9.30. The Hall–Kier alpha value is -1.85. The fourth-order valence-electron chi connectivity index (χ4n) is 2.11. The first-order valence-electron chi connectivity index (χ1n) is 7.27. The standard InChI is InChI=1S/C17H18ClNO3S/c18-15-8-4-5-9-16(15)23(21,22)13-11-17(20)19-12-10-14-6-2-1-3-7-14/h1-9H,10-13H2,(H,19,20). The van der Waals surface area contributed by atoms with Crippen LogP contribution >= 0.6 is 11.6 Å². The van der Waals surface area contributed by atoms with Gasteiger partial charge in [-0.1, -0.05) is 54.1 Å². The Morgan fingerprint density at radius 1 is 1.00 bits per heavy atom. The van der Waals surface area contributed by atoms with E-state index in [2.05, 4.69) is 5.32 Å². The number of nitrogens with one attached hydrogen (secondary N) is 1. The molecule has 0 saturated heterocycles. The summed E-state index contributed by atoms with van der Waals surface area (Å²) in [4.78, 5) is 11.9. The van der Waals surface area contributed by atoms with E-state index in [4.69, 9.17) is 11.6 Å². The molecule has 0 heterocycles. The van der Waals surface area contributed by atoms with Crippen LogP contribution in [0.4, 0.5) is 0 Å². The molecule has 0 bridgehead atoms. The van der Waals surface area contributed by atoms with Gasteiger partial charge in [0.05, 0.1) is 15.7 Å². The first-order chi connectivity index (χ1) is 11.0. The van der Waals surface area contributed by atoms with Gasteiger partial charge in [0.2, 0.25) is 5.91 Å². The predicted molar refractivity (Wildman–Crippen MR) is 91.3 cm³/mol. The van der Waals surface area contributed by atoms with Gasteiger partial charge in [0.1, 0.15) is 0 Å². The maximum atomic E-state index is 12.2. The van der Waals surface area contributed by atoms with Crippen molar-refractivity contribution in [3.8, 4) is 0 Å². The third-order valence-electron chi connectivity index (χ3n) is 3.35. The number of sulfone groups is 1. The first kappa shape index (κ1) is 17.5. The molecule has 0 unspecified atom stereocenters. The van der Waals surface area contributed by atoms with Gasteiger partial charge in [-0.05, 0) is 24.1 Å². The summed E-state index contributed by atoms with van der Waals surface area (Å²) >= 11 is 5.90. The SMILES string of the molecule is O=C(CCS(=O)(=O)c1ccccc1Cl)NCCc1ccccc1. The van der Waals surface area contributed by atoms with Crippen molar-refractivity contribution in [2.75, 3.05) is 12.3 Å². The summed E-state index contributed by atoms with van der Waals surface area (Å²) in [5, 5.41) is 2.91. The number of benzene rings is 2. The van der Waals surface area contributed by atoms with E-state index >= 15 is 0 Å². The Morgan fingerprint density at radius 3 is 2.35 bits per heavy atom. The lowest BCUT2D eigenvalue weighted by atomic mass is 10.1. The van der Waals surface area contributed by atoms with Gasteiger partial charge in [0, 0.05) is 13.0 Å². The van der Waals surface area contributed by atoms with Crippen molar-refractivity contribution in [1.82, 2.24) is 5.32 Å². The molecular weight excluding hydrogens is 334 g/mol. The van der Waals surface area contributed by atoms with Crippen LogP contribution in [0.2, 0.25) is 5.02 Å². The molecule has 2 rings (SSSR count). The largest absolute Gasteiger partial charge is 0.356 e. The molecule has 0 aromatic heterocycles. The van der Waals surface area contributed by atoms with Crippen molar-refractivity contribution < 1.29 is 13.2 Å². The average molecular weight is 352 g/mol. The van der Waals surface area contributed by atoms with Crippen molar-refractivity contribution in [3.63, 3.8) is 0 Å². The molecular formula is C17H18ClNO3S. The third kappa shape index (κ3) is 5.37. The summed E-state index contributed by atoms with van der Waals surface area (Å²) in [5.41, 5.74) is 1.12. The smallest absolute Gasteiger partial charge is 0.221 e. The highest BCUT2D eigenvalue weighted by Gasteiger charge is 2.18. The van der Waals surface area contributed by atoms with Crippen molar-refractivity contribution in [2.45, 2.75) is 17.7 Å². The summed E-state index contributed by atoms with van der Waals surface area (Å²) in [6, 6.07) is 16.0. The molecule has 122 valence electrons. The van der Waals surface area contributed by atoms with Crippen LogP contribution in [0.1, 0.15) is 12.0 Å². The van der Waals surface area contributed by atoms with Gasteiger partial charge in [0.25, 0.3) is 0 Å². The van der Waals surface area contributed by atoms with Gasteiger partial charge in [-0.2, -0.15) is 0 Å². The number of amides is 1. The Kier molecular flexibility index (Phi) is 6.19. The maximum absolute atomic E-state index is 12.2. The normalized spacial score (nSPS) is 11.2. The zero-order valence-electron chi connectivity index (χ0n) is 12.5. The van der Waals surface area contributed by atoms with Crippen LogP contribution in [0.3, 0.4) is 0 Å². The molecule has 0 spiro atoms. The van der Waals surface area contributed by atoms with Crippen LogP contribution < -0.4 is 5.32 Å². The molecule has 1 N–H and O–H groups in total. The lowest BCUT2D eigenvalue weighted by Crippen LogP contribution is -2.27.